The molecule has 22 heavy (non-hydrogen) atoms. The first-order valence-corrected chi connectivity index (χ1v) is 7.66. The van der Waals surface area contributed by atoms with Gasteiger partial charge < -0.3 is 10.1 Å². The molecule has 2 rings (SSSR count). The van der Waals surface area contributed by atoms with Gasteiger partial charge in [0.25, 0.3) is 5.92 Å². The second kappa shape index (κ2) is 5.39. The third kappa shape index (κ3) is 3.41. The van der Waals surface area contributed by atoms with Gasteiger partial charge in [0.1, 0.15) is 11.6 Å². The molecule has 2 atom stereocenters. The Kier molecular flexibility index (Phi) is 4.30. The van der Waals surface area contributed by atoms with Gasteiger partial charge in [-0.15, -0.1) is 0 Å². The van der Waals surface area contributed by atoms with Gasteiger partial charge in [-0.2, -0.15) is 0 Å². The Hall–Kier alpha value is -0.790. The van der Waals surface area contributed by atoms with Crippen LogP contribution in [0.1, 0.15) is 34.6 Å². The highest BCUT2D eigenvalue weighted by Crippen LogP contribution is 2.36. The molecule has 2 fully saturated rings. The molecule has 2 unspecified atom stereocenters. The molecule has 0 aromatic heterocycles. The van der Waals surface area contributed by atoms with Crippen molar-refractivity contribution in [3.8, 4) is 0 Å². The number of esters is 1. The van der Waals surface area contributed by atoms with Crippen LogP contribution in [-0.4, -0.2) is 66.3 Å². The monoisotopic (exact) mass is 319 g/mol. The molecule has 2 heterocycles. The zero-order chi connectivity index (χ0) is 16.9. The molecule has 128 valence electrons. The van der Waals surface area contributed by atoms with E-state index in [1.807, 2.05) is 25.8 Å². The van der Waals surface area contributed by atoms with E-state index in [0.717, 1.165) is 0 Å². The summed E-state index contributed by atoms with van der Waals surface area (Å²) >= 11 is 0. The maximum Gasteiger partial charge on any atom is 0.313 e. The summed E-state index contributed by atoms with van der Waals surface area (Å²) in [6.07, 6.45) is 0. The number of halogens is 2. The van der Waals surface area contributed by atoms with E-state index in [-0.39, 0.29) is 18.6 Å². The largest absolute Gasteiger partial charge is 0.460 e. The number of fused-ring (bicyclic) bond motifs is 1. The number of likely N-dealkylation sites (N-methyl/N-ethyl adjacent to an activating group) is 1. The van der Waals surface area contributed by atoms with E-state index in [0.29, 0.717) is 13.1 Å². The number of ether oxygens (including phenoxy) is 1. The molecule has 1 N–H and O–H groups in total. The van der Waals surface area contributed by atoms with Crippen LogP contribution in [0.25, 0.3) is 0 Å². The average Bonchev–Trinajstić information content (AvgIpc) is 2.76. The van der Waals surface area contributed by atoms with Crippen LogP contribution in [0.2, 0.25) is 0 Å². The van der Waals surface area contributed by atoms with Crippen molar-refractivity contribution < 1.29 is 18.3 Å². The molecule has 2 aliphatic rings. The fourth-order valence-electron chi connectivity index (χ4n) is 3.12. The van der Waals surface area contributed by atoms with Gasteiger partial charge in [-0.3, -0.25) is 4.79 Å². The lowest BCUT2D eigenvalue weighted by molar-refractivity contribution is -0.170. The molecular formula is C15H27F2N3O2. The maximum absolute atomic E-state index is 13.9. The minimum absolute atomic E-state index is 0.269. The van der Waals surface area contributed by atoms with E-state index in [1.165, 1.54) is 0 Å². The van der Waals surface area contributed by atoms with Gasteiger partial charge in [0.2, 0.25) is 0 Å². The third-order valence-corrected chi connectivity index (χ3v) is 4.20. The number of nitrogens with one attached hydrogen (secondary N) is 1. The van der Waals surface area contributed by atoms with Gasteiger partial charge in [0.05, 0.1) is 12.0 Å². The summed E-state index contributed by atoms with van der Waals surface area (Å²) in [4.78, 5) is 12.3. The lowest BCUT2D eigenvalue weighted by Crippen LogP contribution is -2.51. The van der Waals surface area contributed by atoms with Crippen molar-refractivity contribution in [1.29, 1.82) is 0 Å². The standard InChI is InChI=1S/C15H27F2N3O2/c1-13(2,3)22-12(21)14(4,5)9-20-7-10-11(19(20)6)15(16,17)8-18-10/h10-11,18H,7-9H2,1-6H3. The number of alkyl halides is 2. The second-order valence-electron chi connectivity index (χ2n) is 8.00. The van der Waals surface area contributed by atoms with Gasteiger partial charge >= 0.3 is 5.97 Å². The van der Waals surface area contributed by atoms with Gasteiger partial charge in [-0.25, -0.2) is 18.8 Å². The Labute approximate surface area is 130 Å². The summed E-state index contributed by atoms with van der Waals surface area (Å²) < 4.78 is 33.3. The Morgan fingerprint density at radius 1 is 1.32 bits per heavy atom. The first kappa shape index (κ1) is 17.6. The van der Waals surface area contributed by atoms with E-state index in [2.05, 4.69) is 5.32 Å². The van der Waals surface area contributed by atoms with Crippen LogP contribution in [0.15, 0.2) is 0 Å². The van der Waals surface area contributed by atoms with Gasteiger partial charge in [0.15, 0.2) is 0 Å². The molecule has 0 spiro atoms. The van der Waals surface area contributed by atoms with Crippen LogP contribution in [0.3, 0.4) is 0 Å². The van der Waals surface area contributed by atoms with Crippen LogP contribution in [0, 0.1) is 5.41 Å². The summed E-state index contributed by atoms with van der Waals surface area (Å²) in [6, 6.07) is -1.11. The quantitative estimate of drug-likeness (QED) is 0.799. The Morgan fingerprint density at radius 3 is 2.41 bits per heavy atom. The zero-order valence-electron chi connectivity index (χ0n) is 14.2. The highest BCUT2D eigenvalue weighted by atomic mass is 19.3. The molecule has 0 aromatic carbocycles. The van der Waals surface area contributed by atoms with Gasteiger partial charge in [0, 0.05) is 26.2 Å². The molecule has 5 nitrogen and oxygen atoms in total. The third-order valence-electron chi connectivity index (χ3n) is 4.20. The van der Waals surface area contributed by atoms with Crippen molar-refractivity contribution in [3.05, 3.63) is 0 Å². The minimum atomic E-state index is -2.75. The van der Waals surface area contributed by atoms with Crippen molar-refractivity contribution in [2.24, 2.45) is 5.41 Å². The van der Waals surface area contributed by atoms with E-state index in [4.69, 9.17) is 4.74 Å². The SMILES string of the molecule is CN1C2C(CN1CC(C)(C)C(=O)OC(C)(C)C)NCC2(F)F. The van der Waals surface area contributed by atoms with Crippen LogP contribution in [0.4, 0.5) is 8.78 Å². The summed E-state index contributed by atoms with van der Waals surface area (Å²) in [5.74, 6) is -3.06. The smallest absolute Gasteiger partial charge is 0.313 e. The normalized spacial score (nSPS) is 29.6. The van der Waals surface area contributed by atoms with Crippen molar-refractivity contribution in [2.45, 2.75) is 58.2 Å². The lowest BCUT2D eigenvalue weighted by atomic mass is 9.93. The fraction of sp³-hybridized carbons (Fsp3) is 0.933. The predicted molar refractivity (Wildman–Crippen MR) is 79.5 cm³/mol. The van der Waals surface area contributed by atoms with Gasteiger partial charge in [-0.1, -0.05) is 0 Å². The average molecular weight is 319 g/mol. The molecule has 0 radical (unpaired) electrons. The molecule has 0 amide bonds. The Bertz CT molecular complexity index is 449. The van der Waals surface area contributed by atoms with Gasteiger partial charge in [-0.05, 0) is 34.6 Å². The highest BCUT2D eigenvalue weighted by Gasteiger charge is 2.57. The molecule has 0 saturated carbocycles. The van der Waals surface area contributed by atoms with Crippen LogP contribution < -0.4 is 5.32 Å². The molecule has 0 aromatic rings. The van der Waals surface area contributed by atoms with Crippen molar-refractivity contribution in [2.75, 3.05) is 26.7 Å². The summed E-state index contributed by atoms with van der Waals surface area (Å²) in [7, 11) is 1.66. The molecule has 2 aliphatic heterocycles. The highest BCUT2D eigenvalue weighted by molar-refractivity contribution is 5.76. The molecule has 0 bridgehead atoms. The number of rotatable bonds is 3. The molecular weight excluding hydrogens is 292 g/mol. The van der Waals surface area contributed by atoms with Crippen molar-refractivity contribution in [3.63, 3.8) is 0 Å². The van der Waals surface area contributed by atoms with E-state index >= 15 is 0 Å². The second-order valence-corrected chi connectivity index (χ2v) is 8.00. The van der Waals surface area contributed by atoms with Crippen LogP contribution >= 0.6 is 0 Å². The lowest BCUT2D eigenvalue weighted by Gasteiger charge is -2.36. The van der Waals surface area contributed by atoms with Crippen LogP contribution in [-0.2, 0) is 9.53 Å². The number of nitrogens with zero attached hydrogens (tertiary/aromatic N) is 2. The number of carbonyl (C=O) groups is 1. The number of hydrogen-bond donors (Lipinski definition) is 1. The van der Waals surface area contributed by atoms with Crippen LogP contribution in [0.5, 0.6) is 0 Å². The van der Waals surface area contributed by atoms with E-state index < -0.39 is 23.0 Å². The van der Waals surface area contributed by atoms with Crippen molar-refractivity contribution in [1.82, 2.24) is 15.3 Å². The molecule has 2 saturated heterocycles. The minimum Gasteiger partial charge on any atom is -0.460 e. The summed E-state index contributed by atoms with van der Waals surface area (Å²) in [5.41, 5.74) is -1.33. The Morgan fingerprint density at radius 2 is 1.91 bits per heavy atom. The number of carbonyl (C=O) groups excluding carboxylic acids is 1. The first-order valence-electron chi connectivity index (χ1n) is 7.66. The Balaban J connectivity index is 2.04. The topological polar surface area (TPSA) is 44.8 Å². The molecule has 0 aliphatic carbocycles. The fourth-order valence-corrected chi connectivity index (χ4v) is 3.12. The molecule has 7 heteroatoms. The number of hydrazine groups is 1. The number of hydrogen-bond acceptors (Lipinski definition) is 5. The van der Waals surface area contributed by atoms with E-state index in [1.54, 1.807) is 25.9 Å². The summed E-state index contributed by atoms with van der Waals surface area (Å²) in [6.45, 7) is 9.57. The first-order chi connectivity index (χ1) is 9.83. The summed E-state index contributed by atoms with van der Waals surface area (Å²) in [5, 5.41) is 6.27. The predicted octanol–water partition coefficient (Wildman–Crippen LogP) is 1.49. The maximum atomic E-state index is 13.9. The zero-order valence-corrected chi connectivity index (χ0v) is 14.2. The van der Waals surface area contributed by atoms with E-state index in [9.17, 15) is 13.6 Å². The van der Waals surface area contributed by atoms with Crippen molar-refractivity contribution >= 4 is 5.97 Å².